The van der Waals surface area contributed by atoms with Crippen molar-refractivity contribution in [2.75, 3.05) is 27.2 Å². The Bertz CT molecular complexity index is 576. The lowest BCUT2D eigenvalue weighted by Crippen LogP contribution is -2.59. The fourth-order valence-corrected chi connectivity index (χ4v) is 4.79. The molecule has 6 nitrogen and oxygen atoms in total. The molecular formula is C18H27FN4O2. The Balaban J connectivity index is 1.56. The van der Waals surface area contributed by atoms with Gasteiger partial charge in [0.1, 0.15) is 12.2 Å². The molecule has 2 bridgehead atoms. The Kier molecular flexibility index (Phi) is 4.76. The number of rotatable bonds is 4. The number of carbonyl (C=O) groups is 2. The standard InChI is InChI=1S/C18H27FN4O2/c1-22(2)16(25)17-3-6-18(7-4-17,8-5-17)21-11-15(24)23-12-13(19)9-14(23)10-20/h13-14,21H,3-9,11-12H2,1-2H3/t13-,14?,17?,18?/m0/s1. The molecule has 0 radical (unpaired) electrons. The quantitative estimate of drug-likeness (QED) is 0.827. The van der Waals surface area contributed by atoms with Gasteiger partial charge in [0.15, 0.2) is 0 Å². The molecule has 7 heteroatoms. The highest BCUT2D eigenvalue weighted by Gasteiger charge is 2.52. The van der Waals surface area contributed by atoms with Crippen molar-refractivity contribution in [2.45, 2.75) is 62.7 Å². The highest BCUT2D eigenvalue weighted by atomic mass is 19.1. The maximum absolute atomic E-state index is 13.5. The molecule has 1 N–H and O–H groups in total. The zero-order chi connectivity index (χ0) is 18.2. The van der Waals surface area contributed by atoms with E-state index in [4.69, 9.17) is 5.26 Å². The van der Waals surface area contributed by atoms with Crippen molar-refractivity contribution >= 4 is 11.8 Å². The van der Waals surface area contributed by atoms with E-state index in [1.165, 1.54) is 4.90 Å². The summed E-state index contributed by atoms with van der Waals surface area (Å²) in [6.45, 7) is 0.158. The van der Waals surface area contributed by atoms with Crippen LogP contribution in [0.15, 0.2) is 0 Å². The number of hydrogen-bond acceptors (Lipinski definition) is 4. The van der Waals surface area contributed by atoms with E-state index < -0.39 is 12.2 Å². The molecule has 2 amide bonds. The Morgan fingerprint density at radius 3 is 2.36 bits per heavy atom. The van der Waals surface area contributed by atoms with Gasteiger partial charge in [0, 0.05) is 31.5 Å². The van der Waals surface area contributed by atoms with Crippen molar-refractivity contribution in [3.05, 3.63) is 0 Å². The summed E-state index contributed by atoms with van der Waals surface area (Å²) in [7, 11) is 3.62. The number of alkyl halides is 1. The molecule has 0 aromatic heterocycles. The van der Waals surface area contributed by atoms with Gasteiger partial charge in [-0.15, -0.1) is 0 Å². The van der Waals surface area contributed by atoms with Gasteiger partial charge in [-0.3, -0.25) is 9.59 Å². The number of nitrogens with zero attached hydrogens (tertiary/aromatic N) is 3. The first-order chi connectivity index (χ1) is 11.8. The summed E-state index contributed by atoms with van der Waals surface area (Å²) in [5.41, 5.74) is -0.319. The van der Waals surface area contributed by atoms with E-state index in [0.29, 0.717) is 0 Å². The Hall–Kier alpha value is -1.68. The minimum Gasteiger partial charge on any atom is -0.348 e. The molecule has 1 heterocycles. The van der Waals surface area contributed by atoms with Gasteiger partial charge in [-0.1, -0.05) is 0 Å². The van der Waals surface area contributed by atoms with Crippen LogP contribution in [0.3, 0.4) is 0 Å². The van der Waals surface area contributed by atoms with Crippen LogP contribution in [0.2, 0.25) is 0 Å². The van der Waals surface area contributed by atoms with Crippen LogP contribution >= 0.6 is 0 Å². The second-order valence-corrected chi connectivity index (χ2v) is 8.14. The number of likely N-dealkylation sites (tertiary alicyclic amines) is 1. The van der Waals surface area contributed by atoms with E-state index >= 15 is 0 Å². The van der Waals surface area contributed by atoms with E-state index in [9.17, 15) is 14.0 Å². The maximum Gasteiger partial charge on any atom is 0.237 e. The Morgan fingerprint density at radius 1 is 1.24 bits per heavy atom. The average Bonchev–Trinajstić information content (AvgIpc) is 3.01. The average molecular weight is 350 g/mol. The molecule has 2 atom stereocenters. The van der Waals surface area contributed by atoms with Gasteiger partial charge < -0.3 is 15.1 Å². The molecule has 1 unspecified atom stereocenters. The van der Waals surface area contributed by atoms with Gasteiger partial charge in [-0.2, -0.15) is 5.26 Å². The molecule has 0 aromatic carbocycles. The lowest BCUT2D eigenvalue weighted by Gasteiger charge is -2.53. The van der Waals surface area contributed by atoms with Gasteiger partial charge in [0.05, 0.1) is 19.2 Å². The molecule has 138 valence electrons. The number of fused-ring (bicyclic) bond motifs is 3. The number of nitriles is 1. The predicted octanol–water partition coefficient (Wildman–Crippen LogP) is 1.22. The van der Waals surface area contributed by atoms with Crippen LogP contribution in [-0.4, -0.2) is 66.6 Å². The highest BCUT2D eigenvalue weighted by molar-refractivity contribution is 5.83. The highest BCUT2D eigenvalue weighted by Crippen LogP contribution is 2.53. The van der Waals surface area contributed by atoms with Crippen LogP contribution < -0.4 is 5.32 Å². The molecular weight excluding hydrogens is 323 g/mol. The van der Waals surface area contributed by atoms with E-state index in [0.717, 1.165) is 38.5 Å². The van der Waals surface area contributed by atoms with Crippen molar-refractivity contribution in [3.8, 4) is 6.07 Å². The molecule has 4 aliphatic rings. The molecule has 0 spiro atoms. The van der Waals surface area contributed by atoms with Gasteiger partial charge >= 0.3 is 0 Å². The smallest absolute Gasteiger partial charge is 0.237 e. The number of carbonyl (C=O) groups excluding carboxylic acids is 2. The van der Waals surface area contributed by atoms with Crippen molar-refractivity contribution in [2.24, 2.45) is 5.41 Å². The number of hydrogen-bond donors (Lipinski definition) is 1. The third-order valence-electron chi connectivity index (χ3n) is 6.44. The van der Waals surface area contributed by atoms with Gasteiger partial charge in [0.2, 0.25) is 11.8 Å². The van der Waals surface area contributed by atoms with Gasteiger partial charge in [-0.05, 0) is 38.5 Å². The molecule has 4 rings (SSSR count). The molecule has 3 saturated carbocycles. The fourth-order valence-electron chi connectivity index (χ4n) is 4.79. The van der Waals surface area contributed by atoms with Crippen LogP contribution in [0.5, 0.6) is 0 Å². The monoisotopic (exact) mass is 350 g/mol. The third-order valence-corrected chi connectivity index (χ3v) is 6.44. The maximum atomic E-state index is 13.5. The molecule has 0 aromatic rings. The molecule has 3 aliphatic carbocycles. The van der Waals surface area contributed by atoms with Crippen molar-refractivity contribution in [1.29, 1.82) is 5.26 Å². The molecule has 1 aliphatic heterocycles. The van der Waals surface area contributed by atoms with Crippen LogP contribution in [0.25, 0.3) is 0 Å². The number of nitrogens with one attached hydrogen (secondary N) is 1. The van der Waals surface area contributed by atoms with Crippen molar-refractivity contribution in [1.82, 2.24) is 15.1 Å². The van der Waals surface area contributed by atoms with Crippen molar-refractivity contribution < 1.29 is 14.0 Å². The van der Waals surface area contributed by atoms with E-state index in [-0.39, 0.29) is 42.3 Å². The van der Waals surface area contributed by atoms with Crippen LogP contribution in [0.4, 0.5) is 4.39 Å². The van der Waals surface area contributed by atoms with Gasteiger partial charge in [0.25, 0.3) is 0 Å². The summed E-state index contributed by atoms with van der Waals surface area (Å²) in [6.07, 6.45) is 4.21. The van der Waals surface area contributed by atoms with Crippen LogP contribution in [0.1, 0.15) is 44.9 Å². The first-order valence-electron chi connectivity index (χ1n) is 9.11. The first kappa shape index (κ1) is 18.1. The van der Waals surface area contributed by atoms with E-state index in [2.05, 4.69) is 5.32 Å². The lowest BCUT2D eigenvalue weighted by molar-refractivity contribution is -0.147. The van der Waals surface area contributed by atoms with Crippen LogP contribution in [-0.2, 0) is 9.59 Å². The Labute approximate surface area is 148 Å². The molecule has 4 fully saturated rings. The minimum absolute atomic E-state index is 0.0200. The topological polar surface area (TPSA) is 76.4 Å². The van der Waals surface area contributed by atoms with E-state index in [1.807, 2.05) is 20.2 Å². The summed E-state index contributed by atoms with van der Waals surface area (Å²) in [4.78, 5) is 28.0. The first-order valence-corrected chi connectivity index (χ1v) is 9.11. The minimum atomic E-state index is -1.10. The fraction of sp³-hybridized carbons (Fsp3) is 0.833. The van der Waals surface area contributed by atoms with E-state index in [1.54, 1.807) is 4.90 Å². The Morgan fingerprint density at radius 2 is 1.84 bits per heavy atom. The van der Waals surface area contributed by atoms with Crippen molar-refractivity contribution in [3.63, 3.8) is 0 Å². The molecule has 1 saturated heterocycles. The summed E-state index contributed by atoms with van der Waals surface area (Å²) in [6, 6.07) is 1.37. The summed E-state index contributed by atoms with van der Waals surface area (Å²) < 4.78 is 13.5. The molecule has 25 heavy (non-hydrogen) atoms. The van der Waals surface area contributed by atoms with Gasteiger partial charge in [-0.25, -0.2) is 4.39 Å². The second kappa shape index (κ2) is 6.56. The zero-order valence-corrected chi connectivity index (χ0v) is 15.1. The predicted molar refractivity (Wildman–Crippen MR) is 90.2 cm³/mol. The summed E-state index contributed by atoms with van der Waals surface area (Å²) in [5, 5.41) is 12.5. The number of halogens is 1. The SMILES string of the molecule is CN(C)C(=O)C12CCC(NCC(=O)N3C[C@@H](F)CC3C#N)(CC1)CC2. The third kappa shape index (κ3) is 3.24. The van der Waals surface area contributed by atoms with Crippen LogP contribution in [0, 0.1) is 16.7 Å². The second-order valence-electron chi connectivity index (χ2n) is 8.14. The summed E-state index contributed by atoms with van der Waals surface area (Å²) >= 11 is 0. The lowest BCUT2D eigenvalue weighted by atomic mass is 9.56. The summed E-state index contributed by atoms with van der Waals surface area (Å²) in [5.74, 6) is 0.0210. The largest absolute Gasteiger partial charge is 0.348 e. The zero-order valence-electron chi connectivity index (χ0n) is 15.1. The number of amides is 2. The normalized spacial score (nSPS) is 37.0.